The minimum atomic E-state index is -0.304. The number of hydrogen-bond donors (Lipinski definition) is 2. The van der Waals surface area contributed by atoms with Crippen LogP contribution in [0.15, 0.2) is 12.1 Å². The maximum atomic E-state index is 12.4. The monoisotopic (exact) mass is 339 g/mol. The Balaban J connectivity index is 0.00000264. The molecule has 128 valence electrons. The van der Waals surface area contributed by atoms with Gasteiger partial charge in [0.1, 0.15) is 0 Å². The van der Waals surface area contributed by atoms with E-state index in [2.05, 4.69) is 17.4 Å². The molecule has 5 nitrogen and oxygen atoms in total. The van der Waals surface area contributed by atoms with Gasteiger partial charge in [-0.1, -0.05) is 17.7 Å². The third-order valence-electron chi connectivity index (χ3n) is 4.14. The molecule has 1 aliphatic rings. The van der Waals surface area contributed by atoms with Crippen LogP contribution in [0, 0.1) is 26.7 Å². The number of halogens is 1. The summed E-state index contributed by atoms with van der Waals surface area (Å²) in [5.41, 5.74) is 9.79. The van der Waals surface area contributed by atoms with E-state index in [1.54, 1.807) is 4.90 Å². The average molecular weight is 340 g/mol. The molecule has 0 spiro atoms. The van der Waals surface area contributed by atoms with Crippen molar-refractivity contribution in [1.82, 2.24) is 5.32 Å². The van der Waals surface area contributed by atoms with Gasteiger partial charge in [0.15, 0.2) is 0 Å². The molecule has 3 N–H and O–H groups in total. The largest absolute Gasteiger partial charge is 0.352 e. The Labute approximate surface area is 144 Å². The van der Waals surface area contributed by atoms with E-state index >= 15 is 0 Å². The highest BCUT2D eigenvalue weighted by atomic mass is 35.5. The molecule has 1 saturated heterocycles. The molecule has 1 heterocycles. The van der Waals surface area contributed by atoms with E-state index in [0.29, 0.717) is 13.1 Å². The third kappa shape index (κ3) is 4.24. The summed E-state index contributed by atoms with van der Waals surface area (Å²) >= 11 is 0. The normalized spacial score (nSPS) is 18.6. The van der Waals surface area contributed by atoms with Crippen LogP contribution < -0.4 is 16.0 Å². The van der Waals surface area contributed by atoms with Crippen molar-refractivity contribution in [3.8, 4) is 0 Å². The fourth-order valence-corrected chi connectivity index (χ4v) is 3.12. The Morgan fingerprint density at radius 2 is 1.91 bits per heavy atom. The Morgan fingerprint density at radius 1 is 1.35 bits per heavy atom. The van der Waals surface area contributed by atoms with Gasteiger partial charge in [0.25, 0.3) is 0 Å². The Morgan fingerprint density at radius 3 is 2.43 bits per heavy atom. The predicted octanol–water partition coefficient (Wildman–Crippen LogP) is 1.85. The molecule has 0 aromatic heterocycles. The maximum Gasteiger partial charge on any atom is 0.227 e. The van der Waals surface area contributed by atoms with Crippen LogP contribution in [0.2, 0.25) is 0 Å². The number of carbonyl (C=O) groups is 2. The zero-order valence-electron chi connectivity index (χ0n) is 14.2. The molecule has 1 unspecified atom stereocenters. The summed E-state index contributed by atoms with van der Waals surface area (Å²) in [5, 5.41) is 2.86. The summed E-state index contributed by atoms with van der Waals surface area (Å²) in [6.07, 6.45) is 0.260. The van der Waals surface area contributed by atoms with Gasteiger partial charge in [-0.2, -0.15) is 0 Å². The van der Waals surface area contributed by atoms with Crippen LogP contribution in [-0.2, 0) is 9.59 Å². The molecule has 2 amide bonds. The minimum Gasteiger partial charge on any atom is -0.352 e. The van der Waals surface area contributed by atoms with E-state index in [1.165, 1.54) is 5.56 Å². The zero-order valence-corrected chi connectivity index (χ0v) is 15.0. The van der Waals surface area contributed by atoms with E-state index in [9.17, 15) is 9.59 Å². The first-order valence-corrected chi connectivity index (χ1v) is 7.72. The van der Waals surface area contributed by atoms with E-state index in [0.717, 1.165) is 16.8 Å². The van der Waals surface area contributed by atoms with Crippen molar-refractivity contribution in [3.63, 3.8) is 0 Å². The van der Waals surface area contributed by atoms with Crippen LogP contribution in [0.4, 0.5) is 5.69 Å². The van der Waals surface area contributed by atoms with Gasteiger partial charge in [-0.05, 0) is 38.8 Å². The van der Waals surface area contributed by atoms with Gasteiger partial charge in [-0.25, -0.2) is 0 Å². The van der Waals surface area contributed by atoms with Crippen LogP contribution in [-0.4, -0.2) is 30.9 Å². The summed E-state index contributed by atoms with van der Waals surface area (Å²) in [5.74, 6) is -0.381. The number of carbonyl (C=O) groups excluding carboxylic acids is 2. The number of aryl methyl sites for hydroxylation is 3. The lowest BCUT2D eigenvalue weighted by Crippen LogP contribution is -2.42. The predicted molar refractivity (Wildman–Crippen MR) is 95.0 cm³/mol. The van der Waals surface area contributed by atoms with E-state index in [1.807, 2.05) is 27.7 Å². The first-order valence-electron chi connectivity index (χ1n) is 7.72. The molecule has 0 bridgehead atoms. The van der Waals surface area contributed by atoms with Gasteiger partial charge in [0.2, 0.25) is 11.8 Å². The van der Waals surface area contributed by atoms with Crippen LogP contribution in [0.5, 0.6) is 0 Å². The lowest BCUT2D eigenvalue weighted by molar-refractivity contribution is -0.126. The standard InChI is InChI=1S/C17H25N3O2.ClH/c1-10-5-11(2)16(12(3)6-10)20-9-14(7-15(20)21)17(22)19-13(4)8-18;/h5-6,13-14H,7-9,18H2,1-4H3,(H,19,22);1H/t13-,14?;/m0./s1. The van der Waals surface area contributed by atoms with Crippen molar-refractivity contribution in [2.45, 2.75) is 40.2 Å². The number of anilines is 1. The molecule has 2 atom stereocenters. The van der Waals surface area contributed by atoms with E-state index < -0.39 is 0 Å². The molecule has 0 saturated carbocycles. The minimum absolute atomic E-state index is 0. The second-order valence-electron chi connectivity index (χ2n) is 6.30. The molecule has 0 aliphatic carbocycles. The summed E-state index contributed by atoms with van der Waals surface area (Å²) < 4.78 is 0. The van der Waals surface area contributed by atoms with Gasteiger partial charge in [-0.15, -0.1) is 12.4 Å². The zero-order chi connectivity index (χ0) is 16.4. The Hall–Kier alpha value is -1.59. The molecule has 1 aromatic carbocycles. The lowest BCUT2D eigenvalue weighted by atomic mass is 10.0. The van der Waals surface area contributed by atoms with Crippen molar-refractivity contribution in [2.24, 2.45) is 11.7 Å². The number of nitrogens with zero attached hydrogens (tertiary/aromatic N) is 1. The van der Waals surface area contributed by atoms with Crippen LogP contribution in [0.25, 0.3) is 0 Å². The summed E-state index contributed by atoms with van der Waals surface area (Å²) in [4.78, 5) is 26.3. The summed E-state index contributed by atoms with van der Waals surface area (Å²) in [6.45, 7) is 8.75. The number of nitrogens with two attached hydrogens (primary N) is 1. The van der Waals surface area contributed by atoms with Crippen LogP contribution >= 0.6 is 12.4 Å². The molecule has 6 heteroatoms. The summed E-state index contributed by atoms with van der Waals surface area (Å²) in [7, 11) is 0. The van der Waals surface area contributed by atoms with Crippen LogP contribution in [0.1, 0.15) is 30.0 Å². The molecule has 2 rings (SSSR count). The van der Waals surface area contributed by atoms with Gasteiger partial charge in [0, 0.05) is 31.2 Å². The van der Waals surface area contributed by atoms with Gasteiger partial charge < -0.3 is 16.0 Å². The molecule has 0 radical (unpaired) electrons. The second kappa shape index (κ2) is 7.79. The van der Waals surface area contributed by atoms with Crippen molar-refractivity contribution >= 4 is 29.9 Å². The number of hydrogen-bond acceptors (Lipinski definition) is 3. The number of amides is 2. The highest BCUT2D eigenvalue weighted by molar-refractivity contribution is 6.01. The molecule has 1 aliphatic heterocycles. The van der Waals surface area contributed by atoms with Crippen molar-refractivity contribution in [1.29, 1.82) is 0 Å². The van der Waals surface area contributed by atoms with Gasteiger partial charge >= 0.3 is 0 Å². The Bertz CT molecular complexity index is 580. The molecule has 1 aromatic rings. The quantitative estimate of drug-likeness (QED) is 0.879. The molecular weight excluding hydrogens is 314 g/mol. The molecular formula is C17H26ClN3O2. The highest BCUT2D eigenvalue weighted by Gasteiger charge is 2.36. The lowest BCUT2D eigenvalue weighted by Gasteiger charge is -2.22. The van der Waals surface area contributed by atoms with Gasteiger partial charge in [0.05, 0.1) is 5.92 Å². The molecule has 23 heavy (non-hydrogen) atoms. The number of nitrogens with one attached hydrogen (secondary N) is 1. The van der Waals surface area contributed by atoms with Crippen LogP contribution in [0.3, 0.4) is 0 Å². The maximum absolute atomic E-state index is 12.4. The van der Waals surface area contributed by atoms with Crippen molar-refractivity contribution in [3.05, 3.63) is 28.8 Å². The first kappa shape index (κ1) is 19.5. The molecule has 1 fully saturated rings. The smallest absolute Gasteiger partial charge is 0.227 e. The average Bonchev–Trinajstić information content (AvgIpc) is 2.79. The number of rotatable bonds is 4. The number of benzene rings is 1. The second-order valence-corrected chi connectivity index (χ2v) is 6.30. The van der Waals surface area contributed by atoms with E-state index in [-0.39, 0.29) is 42.6 Å². The third-order valence-corrected chi connectivity index (χ3v) is 4.14. The Kier molecular flexibility index (Phi) is 6.59. The first-order chi connectivity index (χ1) is 10.3. The van der Waals surface area contributed by atoms with Crippen molar-refractivity contribution in [2.75, 3.05) is 18.0 Å². The van der Waals surface area contributed by atoms with Crippen molar-refractivity contribution < 1.29 is 9.59 Å². The van der Waals surface area contributed by atoms with E-state index in [4.69, 9.17) is 5.73 Å². The van der Waals surface area contributed by atoms with Gasteiger partial charge in [-0.3, -0.25) is 9.59 Å². The summed E-state index contributed by atoms with van der Waals surface area (Å²) in [6, 6.07) is 4.07. The fraction of sp³-hybridized carbons (Fsp3) is 0.529. The highest BCUT2D eigenvalue weighted by Crippen LogP contribution is 2.31. The fourth-order valence-electron chi connectivity index (χ4n) is 3.12. The SMILES string of the molecule is Cc1cc(C)c(N2CC(C(=O)N[C@@H](C)CN)CC2=O)c(C)c1.Cl. The topological polar surface area (TPSA) is 75.4 Å².